The Morgan fingerprint density at radius 3 is 2.96 bits per heavy atom. The smallest absolute Gasteiger partial charge is 0.160 e. The fraction of sp³-hybridized carbons (Fsp3) is 0.300. The molecule has 3 aromatic heterocycles. The van der Waals surface area contributed by atoms with E-state index >= 15 is 0 Å². The highest BCUT2D eigenvalue weighted by molar-refractivity contribution is 8.14. The van der Waals surface area contributed by atoms with E-state index < -0.39 is 0 Å². The quantitative estimate of drug-likeness (QED) is 0.699. The molecule has 0 saturated carbocycles. The molecule has 0 aliphatic carbocycles. The summed E-state index contributed by atoms with van der Waals surface area (Å²) in [5, 5.41) is 1.71. The van der Waals surface area contributed by atoms with Crippen LogP contribution in [0.3, 0.4) is 0 Å². The molecule has 0 amide bonds. The maximum absolute atomic E-state index is 5.56. The second kappa shape index (κ2) is 6.36. The lowest BCUT2D eigenvalue weighted by atomic mass is 10.0. The predicted octanol–water partition coefficient (Wildman–Crippen LogP) is 4.11. The van der Waals surface area contributed by atoms with Crippen molar-refractivity contribution in [2.45, 2.75) is 30.8 Å². The molecule has 6 heteroatoms. The van der Waals surface area contributed by atoms with Crippen LogP contribution in [0.15, 0.2) is 70.5 Å². The molecule has 1 fully saturated rings. The summed E-state index contributed by atoms with van der Waals surface area (Å²) in [5.41, 5.74) is 2.28. The first-order chi connectivity index (χ1) is 12.8. The Hall–Kier alpha value is -2.47. The maximum Gasteiger partial charge on any atom is 0.160 e. The number of furan rings is 1. The topological polar surface area (TPSA) is 46.6 Å². The van der Waals surface area contributed by atoms with Gasteiger partial charge in [-0.1, -0.05) is 24.8 Å². The highest BCUT2D eigenvalue weighted by Gasteiger charge is 2.44. The third-order valence-corrected chi connectivity index (χ3v) is 6.06. The molecule has 0 aromatic carbocycles. The molecule has 3 atom stereocenters. The average Bonchev–Trinajstić information content (AvgIpc) is 3.41. The highest BCUT2D eigenvalue weighted by Crippen LogP contribution is 2.47. The molecule has 3 aromatic rings. The summed E-state index contributed by atoms with van der Waals surface area (Å²) in [7, 11) is 0. The van der Waals surface area contributed by atoms with Crippen molar-refractivity contribution >= 4 is 16.9 Å². The molecular formula is C20H20N4OS. The monoisotopic (exact) mass is 364 g/mol. The standard InChI is InChI=1S/C20H20N4OS/c1-14-12-24-19(17-8-4-10-23(17)13-15-6-5-11-25-15)18(22-20(24)26-14)16-7-2-3-9-21-16/h2-11,14,18-19H,12-13H2,1H3/t14-,18+,19-/m1/s1. The van der Waals surface area contributed by atoms with E-state index in [1.807, 2.05) is 42.2 Å². The third kappa shape index (κ3) is 2.65. The van der Waals surface area contributed by atoms with Crippen LogP contribution in [0.5, 0.6) is 0 Å². The van der Waals surface area contributed by atoms with Gasteiger partial charge in [-0.15, -0.1) is 0 Å². The van der Waals surface area contributed by atoms with Gasteiger partial charge in [-0.05, 0) is 36.4 Å². The fourth-order valence-corrected chi connectivity index (χ4v) is 4.94. The summed E-state index contributed by atoms with van der Waals surface area (Å²) in [6.07, 6.45) is 5.70. The number of hydrogen-bond acceptors (Lipinski definition) is 5. The molecular weight excluding hydrogens is 344 g/mol. The Kier molecular flexibility index (Phi) is 3.85. The summed E-state index contributed by atoms with van der Waals surface area (Å²) in [6.45, 7) is 4.01. The zero-order chi connectivity index (χ0) is 17.5. The van der Waals surface area contributed by atoms with E-state index in [1.165, 1.54) is 5.69 Å². The Labute approximate surface area is 156 Å². The fourth-order valence-electron chi connectivity index (χ4n) is 3.85. The highest BCUT2D eigenvalue weighted by atomic mass is 32.2. The molecule has 2 aliphatic rings. The van der Waals surface area contributed by atoms with Gasteiger partial charge in [-0.3, -0.25) is 9.98 Å². The lowest BCUT2D eigenvalue weighted by molar-refractivity contribution is 0.306. The second-order valence-electron chi connectivity index (χ2n) is 6.78. The van der Waals surface area contributed by atoms with Crippen LogP contribution in [0.4, 0.5) is 0 Å². The van der Waals surface area contributed by atoms with Crippen molar-refractivity contribution in [2.75, 3.05) is 6.54 Å². The van der Waals surface area contributed by atoms with E-state index in [0.29, 0.717) is 5.25 Å². The number of aliphatic imine (C=N–C) groups is 1. The molecule has 0 radical (unpaired) electrons. The van der Waals surface area contributed by atoms with E-state index in [9.17, 15) is 0 Å². The van der Waals surface area contributed by atoms with E-state index in [0.717, 1.165) is 29.7 Å². The minimum atomic E-state index is 0.0245. The predicted molar refractivity (Wildman–Crippen MR) is 103 cm³/mol. The molecule has 5 heterocycles. The summed E-state index contributed by atoms with van der Waals surface area (Å²) < 4.78 is 7.83. The molecule has 5 nitrogen and oxygen atoms in total. The number of amidine groups is 1. The maximum atomic E-state index is 5.56. The molecule has 2 aliphatic heterocycles. The first-order valence-corrected chi connectivity index (χ1v) is 9.77. The summed E-state index contributed by atoms with van der Waals surface area (Å²) >= 11 is 1.87. The van der Waals surface area contributed by atoms with Gasteiger partial charge in [-0.25, -0.2) is 0 Å². The van der Waals surface area contributed by atoms with E-state index in [1.54, 1.807) is 6.26 Å². The van der Waals surface area contributed by atoms with Crippen molar-refractivity contribution in [3.05, 3.63) is 78.3 Å². The zero-order valence-electron chi connectivity index (χ0n) is 14.5. The van der Waals surface area contributed by atoms with Gasteiger partial charge >= 0.3 is 0 Å². The van der Waals surface area contributed by atoms with Crippen molar-refractivity contribution < 1.29 is 4.42 Å². The Morgan fingerprint density at radius 2 is 2.15 bits per heavy atom. The van der Waals surface area contributed by atoms with Gasteiger partial charge < -0.3 is 13.9 Å². The molecule has 132 valence electrons. The van der Waals surface area contributed by atoms with Gasteiger partial charge in [0, 0.05) is 29.9 Å². The molecule has 0 unspecified atom stereocenters. The molecule has 5 rings (SSSR count). The van der Waals surface area contributed by atoms with Crippen LogP contribution in [-0.2, 0) is 6.54 Å². The average molecular weight is 364 g/mol. The van der Waals surface area contributed by atoms with E-state index in [2.05, 4.69) is 45.8 Å². The SMILES string of the molecule is C[C@@H]1CN2C(=N[C@@H](c3ccccn3)[C@H]2c2cccn2Cc2ccco2)S1. The summed E-state index contributed by atoms with van der Waals surface area (Å²) in [5.74, 6) is 0.958. The molecule has 1 saturated heterocycles. The van der Waals surface area contributed by atoms with Crippen LogP contribution < -0.4 is 0 Å². The van der Waals surface area contributed by atoms with Crippen molar-refractivity contribution in [3.63, 3.8) is 0 Å². The van der Waals surface area contributed by atoms with Crippen molar-refractivity contribution in [1.29, 1.82) is 0 Å². The summed E-state index contributed by atoms with van der Waals surface area (Å²) in [4.78, 5) is 12.1. The number of fused-ring (bicyclic) bond motifs is 1. The van der Waals surface area contributed by atoms with E-state index in [4.69, 9.17) is 9.41 Å². The van der Waals surface area contributed by atoms with Crippen LogP contribution in [0.2, 0.25) is 0 Å². The number of hydrogen-bond donors (Lipinski definition) is 0. The number of rotatable bonds is 4. The van der Waals surface area contributed by atoms with Gasteiger partial charge in [0.15, 0.2) is 5.17 Å². The second-order valence-corrected chi connectivity index (χ2v) is 8.18. The zero-order valence-corrected chi connectivity index (χ0v) is 15.3. The number of aromatic nitrogens is 2. The largest absolute Gasteiger partial charge is 0.467 e. The van der Waals surface area contributed by atoms with Crippen LogP contribution >= 0.6 is 11.8 Å². The van der Waals surface area contributed by atoms with Crippen molar-refractivity contribution in [3.8, 4) is 0 Å². The first kappa shape index (κ1) is 15.8. The molecule has 26 heavy (non-hydrogen) atoms. The lowest BCUT2D eigenvalue weighted by Gasteiger charge is -2.28. The van der Waals surface area contributed by atoms with Gasteiger partial charge in [0.2, 0.25) is 0 Å². The Morgan fingerprint density at radius 1 is 1.19 bits per heavy atom. The van der Waals surface area contributed by atoms with Crippen LogP contribution in [0, 0.1) is 0 Å². The van der Waals surface area contributed by atoms with Crippen molar-refractivity contribution in [1.82, 2.24) is 14.5 Å². The van der Waals surface area contributed by atoms with Crippen LogP contribution in [0.1, 0.15) is 36.2 Å². The van der Waals surface area contributed by atoms with Gasteiger partial charge in [0.25, 0.3) is 0 Å². The third-order valence-electron chi connectivity index (χ3n) is 4.96. The number of nitrogens with zero attached hydrogens (tertiary/aromatic N) is 4. The minimum Gasteiger partial charge on any atom is -0.467 e. The normalized spacial score (nSPS) is 24.7. The van der Waals surface area contributed by atoms with Gasteiger partial charge in [0.05, 0.1) is 24.5 Å². The number of thioether (sulfide) groups is 1. The van der Waals surface area contributed by atoms with Gasteiger partial charge in [0.1, 0.15) is 11.8 Å². The Balaban J connectivity index is 1.55. The Bertz CT molecular complexity index is 918. The molecule has 0 spiro atoms. The molecule has 0 bridgehead atoms. The number of pyridine rings is 1. The van der Waals surface area contributed by atoms with Crippen molar-refractivity contribution in [2.24, 2.45) is 4.99 Å². The van der Waals surface area contributed by atoms with Gasteiger partial charge in [-0.2, -0.15) is 0 Å². The minimum absolute atomic E-state index is 0.0245. The summed E-state index contributed by atoms with van der Waals surface area (Å²) in [6, 6.07) is 14.5. The molecule has 0 N–H and O–H groups in total. The van der Waals surface area contributed by atoms with Crippen LogP contribution in [-0.4, -0.2) is 31.4 Å². The van der Waals surface area contributed by atoms with E-state index in [-0.39, 0.29) is 12.1 Å². The first-order valence-electron chi connectivity index (χ1n) is 8.89. The van der Waals surface area contributed by atoms with Crippen LogP contribution in [0.25, 0.3) is 0 Å². The lowest BCUT2D eigenvalue weighted by Crippen LogP contribution is -2.30.